The van der Waals surface area contributed by atoms with E-state index in [0.717, 1.165) is 13.1 Å². The van der Waals surface area contributed by atoms with Gasteiger partial charge in [-0.1, -0.05) is 18.2 Å². The highest BCUT2D eigenvalue weighted by molar-refractivity contribution is 6.07. The van der Waals surface area contributed by atoms with E-state index in [2.05, 4.69) is 10.00 Å². The van der Waals surface area contributed by atoms with Gasteiger partial charge in [-0.05, 0) is 37.4 Å². The summed E-state index contributed by atoms with van der Waals surface area (Å²) >= 11 is 0. The van der Waals surface area contributed by atoms with E-state index in [4.69, 9.17) is 9.47 Å². The molecule has 1 aromatic heterocycles. The van der Waals surface area contributed by atoms with Crippen LogP contribution >= 0.6 is 0 Å². The summed E-state index contributed by atoms with van der Waals surface area (Å²) in [6, 6.07) is 13.5. The maximum atomic E-state index is 14.8. The summed E-state index contributed by atoms with van der Waals surface area (Å²) in [4.78, 5) is 29.7. The van der Waals surface area contributed by atoms with Gasteiger partial charge in [0.2, 0.25) is 0 Å². The Labute approximate surface area is 191 Å². The van der Waals surface area contributed by atoms with Gasteiger partial charge in [0.05, 0.1) is 25.6 Å². The molecule has 0 amide bonds. The van der Waals surface area contributed by atoms with Crippen LogP contribution in [0.1, 0.15) is 20.8 Å². The Bertz CT molecular complexity index is 1170. The van der Waals surface area contributed by atoms with Crippen LogP contribution in [0.2, 0.25) is 0 Å². The van der Waals surface area contributed by atoms with Gasteiger partial charge in [0.25, 0.3) is 0 Å². The standard InChI is InChI=1S/C24H25FN4O4/c1-27-11-13-28(14-12-27)19-15-16(9-10-18(19)25)21-20(23(30)32-2)22(24(31)33-3)29(26-21)17-7-5-4-6-8-17/h4-10,15H,11-14H2,1-3H3. The fraction of sp³-hybridized carbons (Fsp3) is 0.292. The number of hydrogen-bond donors (Lipinski definition) is 0. The number of methoxy groups -OCH3 is 2. The second-order valence-corrected chi connectivity index (χ2v) is 7.76. The van der Waals surface area contributed by atoms with Gasteiger partial charge in [0.1, 0.15) is 17.1 Å². The van der Waals surface area contributed by atoms with Crippen LogP contribution in [0.5, 0.6) is 0 Å². The van der Waals surface area contributed by atoms with E-state index in [9.17, 15) is 14.0 Å². The Balaban J connectivity index is 1.90. The SMILES string of the molecule is COC(=O)c1c(-c2ccc(F)c(N3CCN(C)CC3)c2)nn(-c2ccccc2)c1C(=O)OC. The highest BCUT2D eigenvalue weighted by atomic mass is 19.1. The van der Waals surface area contributed by atoms with Crippen LogP contribution < -0.4 is 4.90 Å². The Morgan fingerprint density at radius 2 is 1.61 bits per heavy atom. The fourth-order valence-electron chi connectivity index (χ4n) is 3.91. The molecule has 0 aliphatic carbocycles. The van der Waals surface area contributed by atoms with E-state index in [0.29, 0.717) is 30.0 Å². The van der Waals surface area contributed by atoms with Crippen molar-refractivity contribution >= 4 is 17.6 Å². The third-order valence-corrected chi connectivity index (χ3v) is 5.72. The van der Waals surface area contributed by atoms with Gasteiger partial charge < -0.3 is 19.3 Å². The lowest BCUT2D eigenvalue weighted by molar-refractivity contribution is 0.0549. The molecule has 172 valence electrons. The predicted octanol–water partition coefficient (Wildman–Crippen LogP) is 3.00. The Morgan fingerprint density at radius 1 is 0.939 bits per heavy atom. The van der Waals surface area contributed by atoms with Crippen molar-refractivity contribution in [3.63, 3.8) is 0 Å². The molecule has 33 heavy (non-hydrogen) atoms. The third-order valence-electron chi connectivity index (χ3n) is 5.72. The average molecular weight is 452 g/mol. The molecule has 1 aliphatic rings. The van der Waals surface area contributed by atoms with Crippen LogP contribution in [0.15, 0.2) is 48.5 Å². The molecule has 2 aromatic carbocycles. The second-order valence-electron chi connectivity index (χ2n) is 7.76. The maximum absolute atomic E-state index is 14.8. The molecule has 4 rings (SSSR count). The fourth-order valence-corrected chi connectivity index (χ4v) is 3.91. The van der Waals surface area contributed by atoms with E-state index < -0.39 is 11.9 Å². The first kappa shape index (κ1) is 22.5. The van der Waals surface area contributed by atoms with Gasteiger partial charge in [0, 0.05) is 31.7 Å². The molecule has 1 saturated heterocycles. The van der Waals surface area contributed by atoms with Crippen molar-refractivity contribution in [1.29, 1.82) is 0 Å². The van der Waals surface area contributed by atoms with Crippen molar-refractivity contribution in [3.8, 4) is 16.9 Å². The summed E-state index contributed by atoms with van der Waals surface area (Å²) in [5.41, 5.74) is 1.59. The number of nitrogens with zero attached hydrogens (tertiary/aromatic N) is 4. The number of para-hydroxylation sites is 1. The molecule has 0 spiro atoms. The average Bonchev–Trinajstić information content (AvgIpc) is 3.25. The molecule has 8 nitrogen and oxygen atoms in total. The molecule has 0 saturated carbocycles. The smallest absolute Gasteiger partial charge is 0.357 e. The monoisotopic (exact) mass is 452 g/mol. The van der Waals surface area contributed by atoms with Crippen LogP contribution in [0.25, 0.3) is 16.9 Å². The number of aromatic nitrogens is 2. The lowest BCUT2D eigenvalue weighted by atomic mass is 10.0. The lowest BCUT2D eigenvalue weighted by Gasteiger charge is -2.34. The topological polar surface area (TPSA) is 76.9 Å². The summed E-state index contributed by atoms with van der Waals surface area (Å²) in [5, 5.41) is 4.58. The quantitative estimate of drug-likeness (QED) is 0.551. The molecule has 0 radical (unpaired) electrons. The van der Waals surface area contributed by atoms with E-state index >= 15 is 0 Å². The van der Waals surface area contributed by atoms with E-state index in [1.54, 1.807) is 36.4 Å². The molecule has 1 aliphatic heterocycles. The minimum atomic E-state index is -0.738. The number of carbonyl (C=O) groups is 2. The minimum absolute atomic E-state index is 0.0378. The van der Waals surface area contributed by atoms with E-state index in [1.165, 1.54) is 25.0 Å². The molecule has 3 aromatic rings. The third kappa shape index (κ3) is 4.31. The first-order chi connectivity index (χ1) is 15.9. The van der Waals surface area contributed by atoms with E-state index in [-0.39, 0.29) is 22.8 Å². The number of piperazine rings is 1. The molecule has 1 fully saturated rings. The summed E-state index contributed by atoms with van der Waals surface area (Å²) in [6.45, 7) is 2.97. The van der Waals surface area contributed by atoms with Crippen molar-refractivity contribution < 1.29 is 23.5 Å². The van der Waals surface area contributed by atoms with Crippen molar-refractivity contribution in [3.05, 3.63) is 65.6 Å². The van der Waals surface area contributed by atoms with Crippen molar-refractivity contribution in [2.75, 3.05) is 52.3 Å². The Morgan fingerprint density at radius 3 is 2.24 bits per heavy atom. The number of ether oxygens (including phenoxy) is 2. The molecular weight excluding hydrogens is 427 g/mol. The maximum Gasteiger partial charge on any atom is 0.357 e. The van der Waals surface area contributed by atoms with Gasteiger partial charge in [-0.2, -0.15) is 5.10 Å². The van der Waals surface area contributed by atoms with Crippen molar-refractivity contribution in [1.82, 2.24) is 14.7 Å². The number of carbonyl (C=O) groups excluding carboxylic acids is 2. The van der Waals surface area contributed by atoms with Crippen molar-refractivity contribution in [2.45, 2.75) is 0 Å². The molecule has 0 N–H and O–H groups in total. The first-order valence-electron chi connectivity index (χ1n) is 10.5. The second kappa shape index (κ2) is 9.41. The number of benzene rings is 2. The highest BCUT2D eigenvalue weighted by Gasteiger charge is 2.32. The van der Waals surface area contributed by atoms with E-state index in [1.807, 2.05) is 18.0 Å². The zero-order chi connectivity index (χ0) is 23.5. The van der Waals surface area contributed by atoms with Gasteiger partial charge in [-0.25, -0.2) is 18.7 Å². The summed E-state index contributed by atoms with van der Waals surface area (Å²) in [5.74, 6) is -1.84. The summed E-state index contributed by atoms with van der Waals surface area (Å²) in [6.07, 6.45) is 0. The van der Waals surface area contributed by atoms with Gasteiger partial charge in [0.15, 0.2) is 5.69 Å². The van der Waals surface area contributed by atoms with Crippen LogP contribution in [-0.2, 0) is 9.47 Å². The zero-order valence-electron chi connectivity index (χ0n) is 18.7. The molecule has 0 unspecified atom stereocenters. The number of esters is 2. The van der Waals surface area contributed by atoms with Gasteiger partial charge >= 0.3 is 11.9 Å². The lowest BCUT2D eigenvalue weighted by Crippen LogP contribution is -2.44. The molecule has 0 atom stereocenters. The minimum Gasteiger partial charge on any atom is -0.465 e. The van der Waals surface area contributed by atoms with Crippen LogP contribution in [0, 0.1) is 5.82 Å². The Kier molecular flexibility index (Phi) is 6.41. The number of halogens is 1. The largest absolute Gasteiger partial charge is 0.465 e. The summed E-state index contributed by atoms with van der Waals surface area (Å²) in [7, 11) is 4.49. The predicted molar refractivity (Wildman–Crippen MR) is 121 cm³/mol. The molecule has 0 bridgehead atoms. The normalized spacial score (nSPS) is 14.2. The summed E-state index contributed by atoms with van der Waals surface area (Å²) < 4.78 is 26.1. The van der Waals surface area contributed by atoms with Gasteiger partial charge in [-0.3, -0.25) is 0 Å². The number of rotatable bonds is 5. The molecular formula is C24H25FN4O4. The zero-order valence-corrected chi connectivity index (χ0v) is 18.7. The van der Waals surface area contributed by atoms with Crippen molar-refractivity contribution in [2.24, 2.45) is 0 Å². The van der Waals surface area contributed by atoms with Gasteiger partial charge in [-0.15, -0.1) is 0 Å². The van der Waals surface area contributed by atoms with Crippen LogP contribution in [0.3, 0.4) is 0 Å². The van der Waals surface area contributed by atoms with Crippen LogP contribution in [0.4, 0.5) is 10.1 Å². The van der Waals surface area contributed by atoms with Crippen LogP contribution in [-0.4, -0.2) is 74.1 Å². The molecule has 2 heterocycles. The molecule has 9 heteroatoms. The number of anilines is 1. The first-order valence-corrected chi connectivity index (χ1v) is 10.5. The number of hydrogen-bond acceptors (Lipinski definition) is 7. The number of likely N-dealkylation sites (N-methyl/N-ethyl adjacent to an activating group) is 1. The highest BCUT2D eigenvalue weighted by Crippen LogP contribution is 2.33. The Hall–Kier alpha value is -3.72.